The van der Waals surface area contributed by atoms with Gasteiger partial charge in [-0.1, -0.05) is 13.8 Å². The summed E-state index contributed by atoms with van der Waals surface area (Å²) in [5.74, 6) is 1.46. The maximum Gasteiger partial charge on any atom is 0.178 e. The maximum absolute atomic E-state index is 9.09. The number of benzene rings is 1. The first-order valence-corrected chi connectivity index (χ1v) is 7.63. The Labute approximate surface area is 124 Å². The van der Waals surface area contributed by atoms with Gasteiger partial charge >= 0.3 is 0 Å². The number of nitrogens with one attached hydrogen (secondary N) is 1. The standard InChI is InChI=1S/C16H19N3S/c1-10-5-11(2)7-13(6-10)19-15-8-12(9-17)3-4-14(15)18-16(19)20/h3-4,8,10-11,13H,5-7H2,1-2H3,(H,18,20). The van der Waals surface area contributed by atoms with Gasteiger partial charge in [0.25, 0.3) is 0 Å². The van der Waals surface area contributed by atoms with Crippen LogP contribution in [0.3, 0.4) is 0 Å². The number of H-pyrrole nitrogens is 1. The van der Waals surface area contributed by atoms with E-state index in [4.69, 9.17) is 17.5 Å². The molecule has 0 radical (unpaired) electrons. The van der Waals surface area contributed by atoms with Crippen LogP contribution in [-0.4, -0.2) is 9.55 Å². The van der Waals surface area contributed by atoms with Gasteiger partial charge in [0.1, 0.15) is 0 Å². The van der Waals surface area contributed by atoms with Crippen molar-refractivity contribution in [2.75, 3.05) is 0 Å². The lowest BCUT2D eigenvalue weighted by Gasteiger charge is -2.32. The first-order chi connectivity index (χ1) is 9.58. The molecule has 20 heavy (non-hydrogen) atoms. The summed E-state index contributed by atoms with van der Waals surface area (Å²) < 4.78 is 3.01. The second kappa shape index (κ2) is 5.06. The van der Waals surface area contributed by atoms with E-state index < -0.39 is 0 Å². The first kappa shape index (κ1) is 13.4. The van der Waals surface area contributed by atoms with E-state index >= 15 is 0 Å². The van der Waals surface area contributed by atoms with E-state index in [0.29, 0.717) is 11.6 Å². The Morgan fingerprint density at radius 2 is 1.95 bits per heavy atom. The van der Waals surface area contributed by atoms with Gasteiger partial charge in [-0.3, -0.25) is 0 Å². The molecule has 1 aromatic heterocycles. The van der Waals surface area contributed by atoms with Gasteiger partial charge in [0.15, 0.2) is 4.77 Å². The molecule has 2 unspecified atom stereocenters. The lowest BCUT2D eigenvalue weighted by molar-refractivity contribution is 0.223. The topological polar surface area (TPSA) is 44.5 Å². The van der Waals surface area contributed by atoms with Crippen molar-refractivity contribution < 1.29 is 0 Å². The number of fused-ring (bicyclic) bond motifs is 1. The Hall–Kier alpha value is -1.60. The molecular weight excluding hydrogens is 266 g/mol. The van der Waals surface area contributed by atoms with Crippen LogP contribution in [0, 0.1) is 27.9 Å². The van der Waals surface area contributed by atoms with Gasteiger partial charge in [0, 0.05) is 6.04 Å². The maximum atomic E-state index is 9.09. The number of rotatable bonds is 1. The number of hydrogen-bond acceptors (Lipinski definition) is 2. The summed E-state index contributed by atoms with van der Waals surface area (Å²) in [5, 5.41) is 9.09. The second-order valence-corrected chi connectivity index (χ2v) is 6.60. The van der Waals surface area contributed by atoms with E-state index in [2.05, 4.69) is 29.5 Å². The fraction of sp³-hybridized carbons (Fsp3) is 0.500. The molecule has 3 nitrogen and oxygen atoms in total. The highest BCUT2D eigenvalue weighted by molar-refractivity contribution is 7.71. The zero-order valence-corrected chi connectivity index (χ0v) is 12.7. The van der Waals surface area contributed by atoms with Crippen molar-refractivity contribution in [1.82, 2.24) is 9.55 Å². The van der Waals surface area contributed by atoms with E-state index in [9.17, 15) is 0 Å². The normalized spacial score (nSPS) is 26.6. The first-order valence-electron chi connectivity index (χ1n) is 7.23. The molecule has 1 aromatic carbocycles. The van der Waals surface area contributed by atoms with E-state index in [0.717, 1.165) is 27.6 Å². The molecule has 0 aliphatic heterocycles. The van der Waals surface area contributed by atoms with Gasteiger partial charge in [0.2, 0.25) is 0 Å². The molecular formula is C16H19N3S. The van der Waals surface area contributed by atoms with Crippen molar-refractivity contribution in [2.24, 2.45) is 11.8 Å². The summed E-state index contributed by atoms with van der Waals surface area (Å²) in [6, 6.07) is 8.40. The predicted octanol–water partition coefficient (Wildman–Crippen LogP) is 4.57. The monoisotopic (exact) mass is 285 g/mol. The molecule has 4 heteroatoms. The Bertz CT molecular complexity index is 724. The van der Waals surface area contributed by atoms with Gasteiger partial charge in [-0.2, -0.15) is 5.26 Å². The second-order valence-electron chi connectivity index (χ2n) is 6.22. The summed E-state index contributed by atoms with van der Waals surface area (Å²) in [4.78, 5) is 3.27. The van der Waals surface area contributed by atoms with Crippen molar-refractivity contribution in [3.8, 4) is 6.07 Å². The molecule has 0 spiro atoms. The van der Waals surface area contributed by atoms with Gasteiger partial charge < -0.3 is 9.55 Å². The molecule has 2 atom stereocenters. The molecule has 3 rings (SSSR count). The van der Waals surface area contributed by atoms with Crippen molar-refractivity contribution in [2.45, 2.75) is 39.2 Å². The molecule has 0 amide bonds. The summed E-state index contributed by atoms with van der Waals surface area (Å²) in [7, 11) is 0. The van der Waals surface area contributed by atoms with E-state index in [-0.39, 0.29) is 0 Å². The third-order valence-corrected chi connectivity index (χ3v) is 4.66. The van der Waals surface area contributed by atoms with Crippen LogP contribution in [0.25, 0.3) is 11.0 Å². The largest absolute Gasteiger partial charge is 0.331 e. The fourth-order valence-corrected chi connectivity index (χ4v) is 4.03. The zero-order valence-electron chi connectivity index (χ0n) is 11.9. The highest BCUT2D eigenvalue weighted by Gasteiger charge is 2.26. The molecule has 1 aliphatic carbocycles. The molecule has 0 bridgehead atoms. The average molecular weight is 285 g/mol. The number of hydrogen-bond donors (Lipinski definition) is 1. The molecule has 1 saturated carbocycles. The van der Waals surface area contributed by atoms with E-state index in [1.807, 2.05) is 18.2 Å². The highest BCUT2D eigenvalue weighted by Crippen LogP contribution is 2.37. The van der Waals surface area contributed by atoms with E-state index in [1.54, 1.807) is 0 Å². The Morgan fingerprint density at radius 1 is 1.25 bits per heavy atom. The van der Waals surface area contributed by atoms with Crippen molar-refractivity contribution in [3.63, 3.8) is 0 Å². The Morgan fingerprint density at radius 3 is 2.60 bits per heavy atom. The number of nitriles is 1. The number of nitrogens with zero attached hydrogens (tertiary/aromatic N) is 2. The van der Waals surface area contributed by atoms with E-state index in [1.165, 1.54) is 19.3 Å². The smallest absolute Gasteiger partial charge is 0.178 e. The quantitative estimate of drug-likeness (QED) is 0.780. The Balaban J connectivity index is 2.13. The summed E-state index contributed by atoms with van der Waals surface area (Å²) >= 11 is 5.52. The third-order valence-electron chi connectivity index (χ3n) is 4.37. The molecule has 1 aliphatic rings. The predicted molar refractivity (Wildman–Crippen MR) is 83.1 cm³/mol. The summed E-state index contributed by atoms with van der Waals surface area (Å²) in [6.45, 7) is 4.64. The average Bonchev–Trinajstić information content (AvgIpc) is 2.72. The van der Waals surface area contributed by atoms with Gasteiger partial charge in [-0.05, 0) is 61.5 Å². The minimum atomic E-state index is 0.448. The van der Waals surface area contributed by atoms with Crippen molar-refractivity contribution in [3.05, 3.63) is 28.5 Å². The van der Waals surface area contributed by atoms with Gasteiger partial charge in [-0.25, -0.2) is 0 Å². The SMILES string of the molecule is CC1CC(C)CC(n2c(=S)[nH]c3ccc(C#N)cc32)C1. The lowest BCUT2D eigenvalue weighted by atomic mass is 9.80. The third kappa shape index (κ3) is 2.27. The van der Waals surface area contributed by atoms with Crippen molar-refractivity contribution in [1.29, 1.82) is 5.26 Å². The van der Waals surface area contributed by atoms with Crippen molar-refractivity contribution >= 4 is 23.3 Å². The minimum Gasteiger partial charge on any atom is -0.331 e. The van der Waals surface area contributed by atoms with Crippen LogP contribution in [-0.2, 0) is 0 Å². The lowest BCUT2D eigenvalue weighted by Crippen LogP contribution is -2.22. The zero-order chi connectivity index (χ0) is 14.3. The molecule has 1 N–H and O–H groups in total. The fourth-order valence-electron chi connectivity index (χ4n) is 3.67. The van der Waals surface area contributed by atoms with Crippen LogP contribution < -0.4 is 0 Å². The highest BCUT2D eigenvalue weighted by atomic mass is 32.1. The van der Waals surface area contributed by atoms with Gasteiger partial charge in [-0.15, -0.1) is 0 Å². The number of aromatic amines is 1. The molecule has 0 saturated heterocycles. The molecule has 1 fully saturated rings. The summed E-state index contributed by atoms with van der Waals surface area (Å²) in [5.41, 5.74) is 2.79. The van der Waals surface area contributed by atoms with Crippen LogP contribution in [0.15, 0.2) is 18.2 Å². The number of aromatic nitrogens is 2. The summed E-state index contributed by atoms with van der Waals surface area (Å²) in [6.07, 6.45) is 3.64. The van der Waals surface area contributed by atoms with Crippen LogP contribution in [0.4, 0.5) is 0 Å². The van der Waals surface area contributed by atoms with Crippen LogP contribution in [0.2, 0.25) is 0 Å². The van der Waals surface area contributed by atoms with Crippen LogP contribution in [0.1, 0.15) is 44.7 Å². The van der Waals surface area contributed by atoms with Gasteiger partial charge in [0.05, 0.1) is 22.7 Å². The minimum absolute atomic E-state index is 0.448. The number of imidazole rings is 1. The molecule has 104 valence electrons. The van der Waals surface area contributed by atoms with Crippen LogP contribution >= 0.6 is 12.2 Å². The van der Waals surface area contributed by atoms with Crippen LogP contribution in [0.5, 0.6) is 0 Å². The molecule has 1 heterocycles. The Kier molecular flexibility index (Phi) is 3.39. The molecule has 2 aromatic rings.